The van der Waals surface area contributed by atoms with Crippen molar-refractivity contribution >= 4 is 23.0 Å². The van der Waals surface area contributed by atoms with E-state index in [1.165, 1.54) is 12.1 Å². The Hall–Kier alpha value is -2.72. The van der Waals surface area contributed by atoms with Crippen molar-refractivity contribution in [3.63, 3.8) is 0 Å². The first kappa shape index (κ1) is 16.1. The maximum absolute atomic E-state index is 13.0. The molecule has 0 atom stereocenters. The molecule has 0 spiro atoms. The largest absolute Gasteiger partial charge is 0.352 e. The quantitative estimate of drug-likeness (QED) is 0.663. The van der Waals surface area contributed by atoms with Crippen LogP contribution in [-0.2, 0) is 0 Å². The van der Waals surface area contributed by atoms with Crippen molar-refractivity contribution < 1.29 is 4.39 Å². The third-order valence-corrected chi connectivity index (χ3v) is 3.86. The molecule has 3 aromatic carbocycles. The van der Waals surface area contributed by atoms with Gasteiger partial charge in [-0.1, -0.05) is 60.7 Å². The Morgan fingerprint density at radius 2 is 1.25 bits per heavy atom. The summed E-state index contributed by atoms with van der Waals surface area (Å²) in [5, 5.41) is 6.92. The van der Waals surface area contributed by atoms with Gasteiger partial charge in [0, 0.05) is 5.69 Å². The van der Waals surface area contributed by atoms with Crippen molar-refractivity contribution in [2.75, 3.05) is 5.32 Å². The van der Waals surface area contributed by atoms with E-state index in [9.17, 15) is 4.39 Å². The zero-order valence-corrected chi connectivity index (χ0v) is 13.8. The van der Waals surface area contributed by atoms with E-state index in [0.29, 0.717) is 5.11 Å². The molecular formula is C20H17FN2S. The normalized spacial score (nSPS) is 10.4. The maximum atomic E-state index is 13.0. The van der Waals surface area contributed by atoms with Gasteiger partial charge in [0.2, 0.25) is 0 Å². The number of halogens is 1. The van der Waals surface area contributed by atoms with E-state index in [0.717, 1.165) is 16.8 Å². The third kappa shape index (κ3) is 4.18. The lowest BCUT2D eigenvalue weighted by atomic mass is 9.99. The van der Waals surface area contributed by atoms with Crippen LogP contribution in [0.5, 0.6) is 0 Å². The van der Waals surface area contributed by atoms with Gasteiger partial charge in [0.15, 0.2) is 5.11 Å². The van der Waals surface area contributed by atoms with Crippen LogP contribution < -0.4 is 10.6 Å². The second kappa shape index (κ2) is 7.70. The van der Waals surface area contributed by atoms with Crippen LogP contribution in [0.15, 0.2) is 84.9 Å². The Labute approximate surface area is 146 Å². The molecule has 3 aromatic rings. The molecular weight excluding hydrogens is 319 g/mol. The van der Waals surface area contributed by atoms with Crippen molar-refractivity contribution in [2.45, 2.75) is 6.04 Å². The molecule has 0 aromatic heterocycles. The Bertz CT molecular complexity index is 749. The molecule has 0 bridgehead atoms. The molecule has 0 amide bonds. The number of rotatable bonds is 4. The van der Waals surface area contributed by atoms with E-state index >= 15 is 0 Å². The number of benzene rings is 3. The van der Waals surface area contributed by atoms with Gasteiger partial charge in [0.1, 0.15) is 5.82 Å². The molecule has 2 nitrogen and oxygen atoms in total. The van der Waals surface area contributed by atoms with Crippen LogP contribution in [0.1, 0.15) is 17.2 Å². The Kier molecular flexibility index (Phi) is 5.18. The fraction of sp³-hybridized carbons (Fsp3) is 0.0500. The number of thiocarbonyl (C=S) groups is 1. The molecule has 3 rings (SSSR count). The lowest BCUT2D eigenvalue weighted by Gasteiger charge is -2.22. The first-order chi connectivity index (χ1) is 11.7. The number of hydrogen-bond acceptors (Lipinski definition) is 1. The SMILES string of the molecule is Fc1ccc(NC(=S)NC(c2ccccc2)c2ccccc2)cc1. The molecule has 0 unspecified atom stereocenters. The number of nitrogens with one attached hydrogen (secondary N) is 2. The van der Waals surface area contributed by atoms with Crippen LogP contribution in [0.25, 0.3) is 0 Å². The summed E-state index contributed by atoms with van der Waals surface area (Å²) in [4.78, 5) is 0. The summed E-state index contributed by atoms with van der Waals surface area (Å²) in [6, 6.07) is 26.3. The Morgan fingerprint density at radius 3 is 1.75 bits per heavy atom. The molecule has 0 aliphatic carbocycles. The highest BCUT2D eigenvalue weighted by molar-refractivity contribution is 7.80. The topological polar surface area (TPSA) is 24.1 Å². The molecule has 0 aliphatic heterocycles. The van der Waals surface area contributed by atoms with E-state index < -0.39 is 0 Å². The Morgan fingerprint density at radius 1 is 0.750 bits per heavy atom. The first-order valence-corrected chi connectivity index (χ1v) is 8.06. The summed E-state index contributed by atoms with van der Waals surface area (Å²) in [6.07, 6.45) is 0. The molecule has 0 heterocycles. The molecule has 2 N–H and O–H groups in total. The first-order valence-electron chi connectivity index (χ1n) is 7.65. The van der Waals surface area contributed by atoms with Crippen molar-refractivity contribution in [3.05, 3.63) is 102 Å². The average molecular weight is 336 g/mol. The summed E-state index contributed by atoms with van der Waals surface area (Å²) in [6.45, 7) is 0. The van der Waals surface area contributed by atoms with Crippen molar-refractivity contribution in [3.8, 4) is 0 Å². The Balaban J connectivity index is 1.79. The van der Waals surface area contributed by atoms with Gasteiger partial charge in [0.05, 0.1) is 6.04 Å². The van der Waals surface area contributed by atoms with E-state index in [2.05, 4.69) is 34.9 Å². The predicted molar refractivity (Wildman–Crippen MR) is 100 cm³/mol. The van der Waals surface area contributed by atoms with Crippen LogP contribution in [-0.4, -0.2) is 5.11 Å². The van der Waals surface area contributed by atoms with Crippen LogP contribution in [0.3, 0.4) is 0 Å². The molecule has 4 heteroatoms. The number of hydrogen-bond donors (Lipinski definition) is 2. The zero-order chi connectivity index (χ0) is 16.8. The fourth-order valence-electron chi connectivity index (χ4n) is 2.48. The molecule has 0 aliphatic rings. The highest BCUT2D eigenvalue weighted by Crippen LogP contribution is 2.22. The molecule has 24 heavy (non-hydrogen) atoms. The van der Waals surface area contributed by atoms with Gasteiger partial charge in [-0.15, -0.1) is 0 Å². The highest BCUT2D eigenvalue weighted by atomic mass is 32.1. The summed E-state index contributed by atoms with van der Waals surface area (Å²) in [7, 11) is 0. The van der Waals surface area contributed by atoms with Gasteiger partial charge < -0.3 is 10.6 Å². The van der Waals surface area contributed by atoms with E-state index in [-0.39, 0.29) is 11.9 Å². The lowest BCUT2D eigenvalue weighted by molar-refractivity contribution is 0.628. The fourth-order valence-corrected chi connectivity index (χ4v) is 2.72. The minimum absolute atomic E-state index is 0.0622. The monoisotopic (exact) mass is 336 g/mol. The van der Waals surface area contributed by atoms with Gasteiger partial charge in [-0.05, 0) is 47.6 Å². The second-order valence-corrected chi connectivity index (χ2v) is 5.77. The maximum Gasteiger partial charge on any atom is 0.171 e. The van der Waals surface area contributed by atoms with Gasteiger partial charge in [-0.3, -0.25) is 0 Å². The third-order valence-electron chi connectivity index (χ3n) is 3.64. The summed E-state index contributed by atoms with van der Waals surface area (Å²) < 4.78 is 13.0. The standard InChI is InChI=1S/C20H17FN2S/c21-17-11-13-18(14-12-17)22-20(24)23-19(15-7-3-1-4-8-15)16-9-5-2-6-10-16/h1-14,19H,(H2,22,23,24). The van der Waals surface area contributed by atoms with Crippen molar-refractivity contribution in [2.24, 2.45) is 0 Å². The summed E-state index contributed by atoms with van der Waals surface area (Å²) in [5.41, 5.74) is 2.98. The van der Waals surface area contributed by atoms with Crippen LogP contribution in [0.2, 0.25) is 0 Å². The molecule has 120 valence electrons. The smallest absolute Gasteiger partial charge is 0.171 e. The molecule has 0 radical (unpaired) electrons. The summed E-state index contributed by atoms with van der Waals surface area (Å²) >= 11 is 5.43. The van der Waals surface area contributed by atoms with E-state index in [1.807, 2.05) is 36.4 Å². The van der Waals surface area contributed by atoms with Crippen LogP contribution >= 0.6 is 12.2 Å². The lowest BCUT2D eigenvalue weighted by Crippen LogP contribution is -2.33. The average Bonchev–Trinajstić information content (AvgIpc) is 2.63. The second-order valence-electron chi connectivity index (χ2n) is 5.36. The van der Waals surface area contributed by atoms with Crippen molar-refractivity contribution in [1.29, 1.82) is 0 Å². The van der Waals surface area contributed by atoms with Gasteiger partial charge in [-0.25, -0.2) is 4.39 Å². The van der Waals surface area contributed by atoms with Gasteiger partial charge in [-0.2, -0.15) is 0 Å². The van der Waals surface area contributed by atoms with Crippen LogP contribution in [0, 0.1) is 5.82 Å². The minimum atomic E-state index is -0.272. The minimum Gasteiger partial charge on any atom is -0.352 e. The molecule has 0 saturated carbocycles. The zero-order valence-electron chi connectivity index (χ0n) is 12.9. The number of anilines is 1. The molecule has 0 saturated heterocycles. The predicted octanol–water partition coefficient (Wildman–Crippen LogP) is 4.90. The van der Waals surface area contributed by atoms with E-state index in [4.69, 9.17) is 12.2 Å². The van der Waals surface area contributed by atoms with Gasteiger partial charge >= 0.3 is 0 Å². The summed E-state index contributed by atoms with van der Waals surface area (Å²) in [5.74, 6) is -0.272. The molecule has 0 fully saturated rings. The van der Waals surface area contributed by atoms with E-state index in [1.54, 1.807) is 12.1 Å². The van der Waals surface area contributed by atoms with Crippen molar-refractivity contribution in [1.82, 2.24) is 5.32 Å². The van der Waals surface area contributed by atoms with Gasteiger partial charge in [0.25, 0.3) is 0 Å². The van der Waals surface area contributed by atoms with Crippen LogP contribution in [0.4, 0.5) is 10.1 Å². The highest BCUT2D eigenvalue weighted by Gasteiger charge is 2.14.